The van der Waals surface area contributed by atoms with Crippen molar-refractivity contribution in [2.45, 2.75) is 97.4 Å². The van der Waals surface area contributed by atoms with Crippen molar-refractivity contribution in [3.05, 3.63) is 0 Å². The van der Waals surface area contributed by atoms with Crippen molar-refractivity contribution in [2.75, 3.05) is 13.2 Å². The van der Waals surface area contributed by atoms with Crippen molar-refractivity contribution in [3.63, 3.8) is 0 Å². The Morgan fingerprint density at radius 3 is 2.24 bits per heavy atom. The normalized spacial score (nSPS) is 51.0. The van der Waals surface area contributed by atoms with Gasteiger partial charge in [-0.3, -0.25) is 4.79 Å². The summed E-state index contributed by atoms with van der Waals surface area (Å²) in [7, 11) is 0. The van der Waals surface area contributed by atoms with Gasteiger partial charge in [0.05, 0.1) is 13.2 Å². The van der Waals surface area contributed by atoms with E-state index in [9.17, 15) is 4.79 Å². The molecule has 0 unspecified atom stereocenters. The van der Waals surface area contributed by atoms with Gasteiger partial charge in [-0.1, -0.05) is 13.8 Å². The van der Waals surface area contributed by atoms with Crippen LogP contribution in [-0.2, 0) is 19.0 Å². The molecule has 4 saturated carbocycles. The zero-order valence-corrected chi connectivity index (χ0v) is 18.9. The van der Waals surface area contributed by atoms with E-state index in [2.05, 4.69) is 20.8 Å². The molecule has 0 aromatic rings. The topological polar surface area (TPSA) is 44.8 Å². The zero-order chi connectivity index (χ0) is 20.4. The van der Waals surface area contributed by atoms with Crippen molar-refractivity contribution < 1.29 is 19.0 Å². The van der Waals surface area contributed by atoms with Gasteiger partial charge < -0.3 is 14.2 Å². The summed E-state index contributed by atoms with van der Waals surface area (Å²) in [6, 6.07) is 0. The van der Waals surface area contributed by atoms with Crippen molar-refractivity contribution in [3.8, 4) is 0 Å². The highest BCUT2D eigenvalue weighted by atomic mass is 16.7. The molecule has 4 nitrogen and oxygen atoms in total. The molecule has 5 fully saturated rings. The summed E-state index contributed by atoms with van der Waals surface area (Å²) in [5.74, 6) is 3.32. The van der Waals surface area contributed by atoms with Crippen LogP contribution in [0.1, 0.15) is 85.5 Å². The molecule has 29 heavy (non-hydrogen) atoms. The lowest BCUT2D eigenvalue weighted by Gasteiger charge is -2.61. The van der Waals surface area contributed by atoms with Crippen LogP contribution in [0.5, 0.6) is 0 Å². The molecule has 5 aliphatic rings. The molecular weight excluding hydrogens is 364 g/mol. The molecule has 5 rings (SSSR count). The predicted molar refractivity (Wildman–Crippen MR) is 111 cm³/mol. The molecule has 0 amide bonds. The molecule has 4 heteroatoms. The lowest BCUT2D eigenvalue weighted by molar-refractivity contribution is -0.211. The number of ether oxygens (including phenoxy) is 3. The van der Waals surface area contributed by atoms with E-state index in [1.165, 1.54) is 51.4 Å². The van der Waals surface area contributed by atoms with Gasteiger partial charge in [-0.05, 0) is 93.8 Å². The van der Waals surface area contributed by atoms with Gasteiger partial charge in [-0.15, -0.1) is 0 Å². The lowest BCUT2D eigenvalue weighted by Crippen LogP contribution is -2.55. The van der Waals surface area contributed by atoms with Crippen molar-refractivity contribution in [1.29, 1.82) is 0 Å². The molecular formula is C25H40O4. The molecule has 1 aliphatic heterocycles. The first-order valence-corrected chi connectivity index (χ1v) is 12.2. The van der Waals surface area contributed by atoms with Crippen LogP contribution >= 0.6 is 0 Å². The lowest BCUT2D eigenvalue weighted by atomic mass is 9.44. The Kier molecular flexibility index (Phi) is 4.87. The number of hydrogen-bond donors (Lipinski definition) is 0. The van der Waals surface area contributed by atoms with Crippen molar-refractivity contribution in [2.24, 2.45) is 40.4 Å². The number of hydrogen-bond acceptors (Lipinski definition) is 4. The second-order valence-electron chi connectivity index (χ2n) is 11.6. The van der Waals surface area contributed by atoms with Gasteiger partial charge in [0.2, 0.25) is 0 Å². The summed E-state index contributed by atoms with van der Waals surface area (Å²) in [6.45, 7) is 10.3. The maximum atomic E-state index is 11.7. The number of esters is 1. The monoisotopic (exact) mass is 404 g/mol. The van der Waals surface area contributed by atoms with Gasteiger partial charge in [0.25, 0.3) is 0 Å². The standard InChI is InChI=1S/C25H40O4/c1-16(26)29-22-8-7-20-19-6-5-17-15-18(25(4)27-13-14-28-25)9-11-23(17,2)21(19)10-12-24(20,22)3/h17-22H,5-15H2,1-4H3/t17-,18+,19+,20+,21+,22+,23+,24+/m1/s1. The van der Waals surface area contributed by atoms with Gasteiger partial charge in [-0.2, -0.15) is 0 Å². The highest BCUT2D eigenvalue weighted by molar-refractivity contribution is 5.66. The van der Waals surface area contributed by atoms with Crippen LogP contribution in [0, 0.1) is 40.4 Å². The smallest absolute Gasteiger partial charge is 0.302 e. The summed E-state index contributed by atoms with van der Waals surface area (Å²) in [5.41, 5.74) is 0.668. The van der Waals surface area contributed by atoms with Crippen molar-refractivity contribution >= 4 is 5.97 Å². The van der Waals surface area contributed by atoms with E-state index >= 15 is 0 Å². The van der Waals surface area contributed by atoms with Crippen LogP contribution in [0.25, 0.3) is 0 Å². The van der Waals surface area contributed by atoms with Crippen LogP contribution in [0.3, 0.4) is 0 Å². The van der Waals surface area contributed by atoms with Crippen LogP contribution in [0.4, 0.5) is 0 Å². The number of fused-ring (bicyclic) bond motifs is 5. The molecule has 1 heterocycles. The molecule has 0 spiro atoms. The summed E-state index contributed by atoms with van der Waals surface area (Å²) in [6.07, 6.45) is 11.6. The molecule has 164 valence electrons. The number of rotatable bonds is 2. The molecule has 0 N–H and O–H groups in total. The van der Waals surface area contributed by atoms with E-state index in [-0.39, 0.29) is 23.3 Å². The average Bonchev–Trinajstić information content (AvgIpc) is 3.25. The van der Waals surface area contributed by atoms with E-state index in [4.69, 9.17) is 14.2 Å². The first kappa shape index (κ1) is 20.3. The Morgan fingerprint density at radius 1 is 0.828 bits per heavy atom. The van der Waals surface area contributed by atoms with Gasteiger partial charge in [0.15, 0.2) is 5.79 Å². The largest absolute Gasteiger partial charge is 0.462 e. The Balaban J connectivity index is 1.33. The first-order valence-electron chi connectivity index (χ1n) is 12.2. The Bertz CT molecular complexity index is 655. The quantitative estimate of drug-likeness (QED) is 0.583. The molecule has 0 radical (unpaired) electrons. The number of carbonyl (C=O) groups is 1. The van der Waals surface area contributed by atoms with E-state index in [0.717, 1.165) is 43.3 Å². The van der Waals surface area contributed by atoms with E-state index < -0.39 is 0 Å². The van der Waals surface area contributed by atoms with E-state index in [1.54, 1.807) is 6.92 Å². The maximum absolute atomic E-state index is 11.7. The maximum Gasteiger partial charge on any atom is 0.302 e. The minimum atomic E-state index is -0.341. The SMILES string of the molecule is CC(=O)O[C@H]1CC[C@H]2[C@@H]3CC[C@@H]4C[C@@H](C5(C)OCCO5)CC[C@]4(C)[C@H]3CC[C@]12C. The highest BCUT2D eigenvalue weighted by Crippen LogP contribution is 2.67. The van der Waals surface area contributed by atoms with E-state index in [0.29, 0.717) is 11.3 Å². The highest BCUT2D eigenvalue weighted by Gasteiger charge is 2.61. The van der Waals surface area contributed by atoms with Gasteiger partial charge >= 0.3 is 5.97 Å². The molecule has 4 aliphatic carbocycles. The second kappa shape index (κ2) is 6.95. The molecule has 0 aromatic heterocycles. The second-order valence-corrected chi connectivity index (χ2v) is 11.6. The summed E-state index contributed by atoms with van der Waals surface area (Å²) < 4.78 is 17.9. The first-order chi connectivity index (χ1) is 13.8. The Morgan fingerprint density at radius 2 is 1.52 bits per heavy atom. The van der Waals surface area contributed by atoms with Crippen LogP contribution < -0.4 is 0 Å². The molecule has 0 aromatic carbocycles. The summed E-state index contributed by atoms with van der Waals surface area (Å²) in [4.78, 5) is 11.7. The van der Waals surface area contributed by atoms with Gasteiger partial charge in [0, 0.05) is 18.3 Å². The summed E-state index contributed by atoms with van der Waals surface area (Å²) in [5, 5.41) is 0. The van der Waals surface area contributed by atoms with Crippen LogP contribution in [0.2, 0.25) is 0 Å². The third-order valence-electron chi connectivity index (χ3n) is 10.5. The molecule has 8 atom stereocenters. The van der Waals surface area contributed by atoms with Crippen LogP contribution in [0.15, 0.2) is 0 Å². The predicted octanol–water partition coefficient (Wildman–Crippen LogP) is 5.34. The fraction of sp³-hybridized carbons (Fsp3) is 0.960. The van der Waals surface area contributed by atoms with Crippen molar-refractivity contribution in [1.82, 2.24) is 0 Å². The average molecular weight is 405 g/mol. The van der Waals surface area contributed by atoms with Gasteiger partial charge in [-0.25, -0.2) is 0 Å². The molecule has 0 bridgehead atoms. The van der Waals surface area contributed by atoms with Gasteiger partial charge in [0.1, 0.15) is 6.10 Å². The fourth-order valence-electron chi connectivity index (χ4n) is 8.85. The molecule has 1 saturated heterocycles. The fourth-order valence-corrected chi connectivity index (χ4v) is 8.85. The number of carbonyl (C=O) groups excluding carboxylic acids is 1. The Labute approximate surface area is 176 Å². The third-order valence-corrected chi connectivity index (χ3v) is 10.5. The van der Waals surface area contributed by atoms with E-state index in [1.807, 2.05) is 0 Å². The summed E-state index contributed by atoms with van der Waals surface area (Å²) >= 11 is 0. The third kappa shape index (κ3) is 3.03. The minimum absolute atomic E-state index is 0.0992. The minimum Gasteiger partial charge on any atom is -0.462 e. The Hall–Kier alpha value is -0.610. The van der Waals surface area contributed by atoms with Crippen LogP contribution in [-0.4, -0.2) is 31.1 Å². The zero-order valence-electron chi connectivity index (χ0n) is 18.9.